The van der Waals surface area contributed by atoms with Crippen LogP contribution in [0.3, 0.4) is 0 Å². The second kappa shape index (κ2) is 15.2. The number of carbonyl (C=O) groups is 2. The summed E-state index contributed by atoms with van der Waals surface area (Å²) in [4.78, 5) is 28.4. The molecule has 0 aromatic heterocycles. The highest BCUT2D eigenvalue weighted by atomic mass is 32.2. The largest absolute Gasteiger partial charge is 0.497 e. The molecule has 2 atom stereocenters. The zero-order chi connectivity index (χ0) is 25.9. The number of rotatable bonds is 12. The number of nitrogens with zero attached hydrogens (tertiary/aromatic N) is 1. The van der Waals surface area contributed by atoms with Gasteiger partial charge in [-0.2, -0.15) is 11.8 Å². The molecule has 1 aromatic rings. The van der Waals surface area contributed by atoms with Crippen LogP contribution in [0.4, 0.5) is 0 Å². The van der Waals surface area contributed by atoms with Gasteiger partial charge in [0.05, 0.1) is 13.2 Å². The van der Waals surface area contributed by atoms with Crippen LogP contribution >= 0.6 is 23.5 Å². The van der Waals surface area contributed by atoms with Crippen molar-refractivity contribution < 1.29 is 14.3 Å². The molecular formula is C28H44N4O3S2. The molecule has 7 nitrogen and oxygen atoms in total. The number of methoxy groups -OCH3 is 1. The first-order chi connectivity index (χ1) is 18.1. The van der Waals surface area contributed by atoms with Crippen LogP contribution in [-0.2, 0) is 16.1 Å². The summed E-state index contributed by atoms with van der Waals surface area (Å²) in [6.45, 7) is 3.71. The normalized spacial score (nSPS) is 22.5. The van der Waals surface area contributed by atoms with Crippen molar-refractivity contribution in [2.45, 2.75) is 63.6 Å². The van der Waals surface area contributed by atoms with Gasteiger partial charge >= 0.3 is 0 Å². The Kier molecular flexibility index (Phi) is 11.8. The lowest BCUT2D eigenvalue weighted by Crippen LogP contribution is -2.54. The predicted octanol–water partition coefficient (Wildman–Crippen LogP) is 3.48. The van der Waals surface area contributed by atoms with Crippen molar-refractivity contribution in [1.82, 2.24) is 20.9 Å². The lowest BCUT2D eigenvalue weighted by molar-refractivity contribution is -0.129. The van der Waals surface area contributed by atoms with E-state index in [2.05, 4.69) is 33.0 Å². The monoisotopic (exact) mass is 548 g/mol. The van der Waals surface area contributed by atoms with Crippen molar-refractivity contribution in [3.63, 3.8) is 0 Å². The van der Waals surface area contributed by atoms with Gasteiger partial charge in [-0.25, -0.2) is 0 Å². The highest BCUT2D eigenvalue weighted by Crippen LogP contribution is 2.27. The van der Waals surface area contributed by atoms with Gasteiger partial charge in [-0.1, -0.05) is 31.4 Å². The number of nitrogens with one attached hydrogen (secondary N) is 3. The maximum atomic E-state index is 13.2. The fourth-order valence-electron chi connectivity index (χ4n) is 5.43. The summed E-state index contributed by atoms with van der Waals surface area (Å²) < 4.78 is 5.26. The van der Waals surface area contributed by atoms with E-state index in [0.717, 1.165) is 61.5 Å². The molecule has 1 aromatic carbocycles. The van der Waals surface area contributed by atoms with E-state index in [1.54, 1.807) is 18.9 Å². The van der Waals surface area contributed by atoms with Gasteiger partial charge in [0.25, 0.3) is 0 Å². The smallest absolute Gasteiger partial charge is 0.243 e. The number of benzene rings is 1. The van der Waals surface area contributed by atoms with Gasteiger partial charge in [0.2, 0.25) is 11.8 Å². The number of thioether (sulfide) groups is 2. The fourth-order valence-corrected chi connectivity index (χ4v) is 7.65. The SMILES string of the molecule is COc1ccc(CN2CCC(CNC(=O)C(CSCC3CCCCC3)NC(=O)[C@@H]3CSCN3)CC2)cc1. The van der Waals surface area contributed by atoms with E-state index in [1.807, 2.05) is 23.9 Å². The van der Waals surface area contributed by atoms with E-state index in [0.29, 0.717) is 18.2 Å². The van der Waals surface area contributed by atoms with Gasteiger partial charge in [0, 0.05) is 30.5 Å². The molecule has 3 aliphatic rings. The molecule has 1 saturated carbocycles. The molecular weight excluding hydrogens is 504 g/mol. The van der Waals surface area contributed by atoms with Crippen LogP contribution in [0.2, 0.25) is 0 Å². The Morgan fingerprint density at radius 3 is 2.54 bits per heavy atom. The molecule has 4 rings (SSSR count). The van der Waals surface area contributed by atoms with Gasteiger partial charge in [-0.05, 0) is 74.1 Å². The molecule has 2 saturated heterocycles. The van der Waals surface area contributed by atoms with Gasteiger partial charge in [-0.3, -0.25) is 19.8 Å². The second-order valence-corrected chi connectivity index (χ2v) is 12.8. The van der Waals surface area contributed by atoms with Crippen molar-refractivity contribution in [3.8, 4) is 5.75 Å². The predicted molar refractivity (Wildman–Crippen MR) is 154 cm³/mol. The maximum Gasteiger partial charge on any atom is 0.243 e. The van der Waals surface area contributed by atoms with Crippen molar-refractivity contribution in [1.29, 1.82) is 0 Å². The number of ether oxygens (including phenoxy) is 1. The standard InChI is InChI=1S/C28H44N4O3S2/c1-35-24-9-7-22(8-10-24)16-32-13-11-21(12-14-32)15-29-27(33)26(31-28(34)25-18-37-20-30-25)19-36-17-23-5-3-2-4-6-23/h7-10,21,23,25-26,30H,2-6,11-20H2,1H3,(H,29,33)(H,31,34)/t25-,26?/m0/s1. The quantitative estimate of drug-likeness (QED) is 0.369. The third kappa shape index (κ3) is 9.37. The van der Waals surface area contributed by atoms with Crippen LogP contribution in [0.1, 0.15) is 50.5 Å². The minimum Gasteiger partial charge on any atom is -0.497 e. The highest BCUT2D eigenvalue weighted by molar-refractivity contribution is 7.99. The summed E-state index contributed by atoms with van der Waals surface area (Å²) in [7, 11) is 1.69. The van der Waals surface area contributed by atoms with Crippen molar-refractivity contribution in [2.75, 3.05) is 49.9 Å². The summed E-state index contributed by atoms with van der Waals surface area (Å²) in [5.41, 5.74) is 1.30. The fraction of sp³-hybridized carbons (Fsp3) is 0.714. The van der Waals surface area contributed by atoms with E-state index in [1.165, 1.54) is 37.7 Å². The molecule has 3 N–H and O–H groups in total. The van der Waals surface area contributed by atoms with Crippen LogP contribution < -0.4 is 20.7 Å². The molecule has 1 aliphatic carbocycles. The topological polar surface area (TPSA) is 82.7 Å². The van der Waals surface area contributed by atoms with Gasteiger partial charge in [-0.15, -0.1) is 11.8 Å². The molecule has 3 fully saturated rings. The molecule has 0 spiro atoms. The average Bonchev–Trinajstić information content (AvgIpc) is 3.48. The van der Waals surface area contributed by atoms with Gasteiger partial charge in [0.1, 0.15) is 11.8 Å². The molecule has 0 radical (unpaired) electrons. The molecule has 9 heteroatoms. The van der Waals surface area contributed by atoms with Crippen LogP contribution in [0, 0.1) is 11.8 Å². The first-order valence-electron chi connectivity index (χ1n) is 13.9. The minimum absolute atomic E-state index is 0.0317. The molecule has 2 heterocycles. The van der Waals surface area contributed by atoms with Gasteiger partial charge in [0.15, 0.2) is 0 Å². The van der Waals surface area contributed by atoms with E-state index in [-0.39, 0.29) is 17.9 Å². The number of hydrogen-bond acceptors (Lipinski definition) is 7. The lowest BCUT2D eigenvalue weighted by Gasteiger charge is -2.32. The summed E-state index contributed by atoms with van der Waals surface area (Å²) in [5.74, 6) is 5.35. The highest BCUT2D eigenvalue weighted by Gasteiger charge is 2.29. The molecule has 37 heavy (non-hydrogen) atoms. The van der Waals surface area contributed by atoms with E-state index in [4.69, 9.17) is 4.74 Å². The first-order valence-corrected chi connectivity index (χ1v) is 16.2. The number of carbonyl (C=O) groups excluding carboxylic acids is 2. The summed E-state index contributed by atoms with van der Waals surface area (Å²) in [5, 5.41) is 9.47. The molecule has 0 bridgehead atoms. The Morgan fingerprint density at radius 1 is 1.11 bits per heavy atom. The van der Waals surface area contributed by atoms with E-state index in [9.17, 15) is 9.59 Å². The zero-order valence-corrected chi connectivity index (χ0v) is 23.8. The summed E-state index contributed by atoms with van der Waals surface area (Å²) >= 11 is 3.56. The minimum atomic E-state index is -0.469. The zero-order valence-electron chi connectivity index (χ0n) is 22.2. The average molecular weight is 549 g/mol. The lowest BCUT2D eigenvalue weighted by atomic mass is 9.91. The summed E-state index contributed by atoms with van der Waals surface area (Å²) in [6.07, 6.45) is 8.77. The molecule has 206 valence electrons. The molecule has 2 amide bonds. The number of hydrogen-bond donors (Lipinski definition) is 3. The van der Waals surface area contributed by atoms with Crippen LogP contribution in [0.5, 0.6) is 5.75 Å². The number of piperidine rings is 1. The summed E-state index contributed by atoms with van der Waals surface area (Å²) in [6, 6.07) is 7.63. The first kappa shape index (κ1) is 28.6. The Bertz CT molecular complexity index is 836. The third-order valence-electron chi connectivity index (χ3n) is 7.87. The number of amides is 2. The molecule has 2 aliphatic heterocycles. The van der Waals surface area contributed by atoms with Crippen LogP contribution in [0.15, 0.2) is 24.3 Å². The van der Waals surface area contributed by atoms with E-state index >= 15 is 0 Å². The van der Waals surface area contributed by atoms with Crippen molar-refractivity contribution in [3.05, 3.63) is 29.8 Å². The van der Waals surface area contributed by atoms with Crippen LogP contribution in [-0.4, -0.2) is 78.7 Å². The Labute approximate surface area is 231 Å². The second-order valence-electron chi connectivity index (χ2n) is 10.7. The third-order valence-corrected chi connectivity index (χ3v) is 10.1. The number of likely N-dealkylation sites (tertiary alicyclic amines) is 1. The van der Waals surface area contributed by atoms with Gasteiger partial charge < -0.3 is 15.4 Å². The van der Waals surface area contributed by atoms with E-state index < -0.39 is 6.04 Å². The Hall–Kier alpha value is -1.42. The Balaban J connectivity index is 1.20. The van der Waals surface area contributed by atoms with Crippen LogP contribution in [0.25, 0.3) is 0 Å². The maximum absolute atomic E-state index is 13.2. The van der Waals surface area contributed by atoms with Crippen molar-refractivity contribution in [2.24, 2.45) is 11.8 Å². The van der Waals surface area contributed by atoms with Crippen molar-refractivity contribution >= 4 is 35.3 Å². The Morgan fingerprint density at radius 2 is 1.86 bits per heavy atom. The molecule has 1 unspecified atom stereocenters.